The number of pyridine rings is 1. The standard InChI is InChI=1S/C20H20N.C5H8O2.Ir/c1-12-8-15(4)17-6-7-19(21-20(17)9-12)18-11-14(3)13(2)10-16(18)5;1-4(6)3-5(2)7;/h6-10H,1-5H3;3,6H,1-2H3;/q-1;;/b;4-3-;. The third-order valence-corrected chi connectivity index (χ3v) is 4.56. The van der Waals surface area contributed by atoms with Gasteiger partial charge in [-0.2, -0.15) is 0 Å². The van der Waals surface area contributed by atoms with Crippen molar-refractivity contribution in [2.45, 2.75) is 48.5 Å². The summed E-state index contributed by atoms with van der Waals surface area (Å²) in [7, 11) is 0. The van der Waals surface area contributed by atoms with Gasteiger partial charge in [0.05, 0.1) is 11.3 Å². The summed E-state index contributed by atoms with van der Waals surface area (Å²) in [6.07, 6.45) is 1.17. The van der Waals surface area contributed by atoms with Gasteiger partial charge in [0.25, 0.3) is 0 Å². The number of allylic oxidation sites excluding steroid dienone is 2. The van der Waals surface area contributed by atoms with Crippen molar-refractivity contribution in [1.82, 2.24) is 4.98 Å². The number of rotatable bonds is 2. The van der Waals surface area contributed by atoms with E-state index in [1.54, 1.807) is 0 Å². The van der Waals surface area contributed by atoms with Gasteiger partial charge in [0.15, 0.2) is 5.78 Å². The monoisotopic (exact) mass is 567 g/mol. The Labute approximate surface area is 187 Å². The third kappa shape index (κ3) is 6.62. The largest absolute Gasteiger partial charge is 0.512 e. The fourth-order valence-electron chi connectivity index (χ4n) is 3.18. The quantitative estimate of drug-likeness (QED) is 0.226. The van der Waals surface area contributed by atoms with Crippen molar-refractivity contribution in [2.75, 3.05) is 0 Å². The Bertz CT molecular complexity index is 1060. The van der Waals surface area contributed by atoms with Gasteiger partial charge < -0.3 is 5.11 Å². The molecule has 0 aliphatic carbocycles. The molecular formula is C25H28IrNO2-. The summed E-state index contributed by atoms with van der Waals surface area (Å²) in [5, 5.41) is 9.59. The average molecular weight is 567 g/mol. The molecule has 3 aromatic rings. The van der Waals surface area contributed by atoms with E-state index in [2.05, 4.69) is 71.0 Å². The van der Waals surface area contributed by atoms with Crippen LogP contribution < -0.4 is 0 Å². The second kappa shape index (κ2) is 10.5. The number of carbonyl (C=O) groups is 1. The normalized spacial score (nSPS) is 10.8. The summed E-state index contributed by atoms with van der Waals surface area (Å²) < 4.78 is 0. The van der Waals surface area contributed by atoms with Gasteiger partial charge in [0.2, 0.25) is 0 Å². The van der Waals surface area contributed by atoms with Crippen molar-refractivity contribution in [1.29, 1.82) is 0 Å². The first-order chi connectivity index (χ1) is 13.1. The summed E-state index contributed by atoms with van der Waals surface area (Å²) in [6.45, 7) is 13.5. The van der Waals surface area contributed by atoms with E-state index < -0.39 is 0 Å². The molecule has 1 heterocycles. The number of aliphatic hydroxyl groups excluding tert-OH is 1. The Kier molecular flexibility index (Phi) is 8.94. The maximum Gasteiger partial charge on any atom is 0.155 e. The summed E-state index contributed by atoms with van der Waals surface area (Å²) >= 11 is 0. The molecule has 155 valence electrons. The Hall–Kier alpha value is -2.29. The molecule has 3 rings (SSSR count). The zero-order valence-corrected chi connectivity index (χ0v) is 20.5. The fraction of sp³-hybridized carbons (Fsp3) is 0.280. The molecule has 1 N–H and O–H groups in total. The number of fused-ring (bicyclic) bond motifs is 1. The van der Waals surface area contributed by atoms with E-state index in [0.29, 0.717) is 0 Å². The maximum atomic E-state index is 10.0. The third-order valence-electron chi connectivity index (χ3n) is 4.56. The molecule has 1 radical (unpaired) electrons. The molecule has 0 aliphatic heterocycles. The molecule has 1 aromatic heterocycles. The minimum atomic E-state index is -0.125. The molecule has 0 amide bonds. The zero-order chi connectivity index (χ0) is 21.0. The number of ketones is 1. The summed E-state index contributed by atoms with van der Waals surface area (Å²) in [6, 6.07) is 14.4. The van der Waals surface area contributed by atoms with E-state index in [-0.39, 0.29) is 31.6 Å². The van der Waals surface area contributed by atoms with Crippen molar-refractivity contribution < 1.29 is 30.0 Å². The van der Waals surface area contributed by atoms with Gasteiger partial charge in [-0.1, -0.05) is 39.0 Å². The molecular weight excluding hydrogens is 538 g/mol. The van der Waals surface area contributed by atoms with Crippen LogP contribution in [0.3, 0.4) is 0 Å². The van der Waals surface area contributed by atoms with Crippen molar-refractivity contribution in [3.8, 4) is 11.3 Å². The minimum absolute atomic E-state index is 0. The maximum absolute atomic E-state index is 10.0. The first-order valence-corrected chi connectivity index (χ1v) is 9.35. The Morgan fingerprint density at radius 3 is 2.17 bits per heavy atom. The molecule has 4 heteroatoms. The second-order valence-corrected chi connectivity index (χ2v) is 7.38. The van der Waals surface area contributed by atoms with Gasteiger partial charge in [0.1, 0.15) is 0 Å². The first-order valence-electron chi connectivity index (χ1n) is 9.35. The number of aliphatic hydroxyl groups is 1. The van der Waals surface area contributed by atoms with Gasteiger partial charge in [0, 0.05) is 31.6 Å². The number of nitrogens with zero attached hydrogens (tertiary/aromatic N) is 1. The van der Waals surface area contributed by atoms with Gasteiger partial charge in [-0.15, -0.1) is 34.4 Å². The number of benzene rings is 2. The van der Waals surface area contributed by atoms with Crippen molar-refractivity contribution in [2.24, 2.45) is 0 Å². The molecule has 0 saturated heterocycles. The van der Waals surface area contributed by atoms with Crippen molar-refractivity contribution >= 4 is 16.7 Å². The Morgan fingerprint density at radius 1 is 0.966 bits per heavy atom. The van der Waals surface area contributed by atoms with Gasteiger partial charge >= 0.3 is 0 Å². The average Bonchev–Trinajstić information content (AvgIpc) is 2.56. The predicted molar refractivity (Wildman–Crippen MR) is 117 cm³/mol. The smallest absolute Gasteiger partial charge is 0.155 e. The van der Waals surface area contributed by atoms with Crippen LogP contribution in [-0.2, 0) is 24.9 Å². The second-order valence-electron chi connectivity index (χ2n) is 7.38. The van der Waals surface area contributed by atoms with Crippen LogP contribution in [0, 0.1) is 40.7 Å². The van der Waals surface area contributed by atoms with Crippen molar-refractivity contribution in [3.63, 3.8) is 0 Å². The molecule has 0 atom stereocenters. The van der Waals surface area contributed by atoms with E-state index in [4.69, 9.17) is 10.1 Å². The van der Waals surface area contributed by atoms with Crippen LogP contribution in [-0.4, -0.2) is 15.9 Å². The van der Waals surface area contributed by atoms with Crippen LogP contribution in [0.25, 0.3) is 22.2 Å². The molecule has 0 unspecified atom stereocenters. The number of aromatic nitrogens is 1. The molecule has 0 fully saturated rings. The predicted octanol–water partition coefficient (Wildman–Crippen LogP) is 6.28. The van der Waals surface area contributed by atoms with Crippen LogP contribution >= 0.6 is 0 Å². The zero-order valence-electron chi connectivity index (χ0n) is 18.1. The summed E-state index contributed by atoms with van der Waals surface area (Å²) in [5.74, 6) is -0.0625. The van der Waals surface area contributed by atoms with E-state index >= 15 is 0 Å². The van der Waals surface area contributed by atoms with E-state index in [0.717, 1.165) is 16.8 Å². The topological polar surface area (TPSA) is 50.2 Å². The van der Waals surface area contributed by atoms with Crippen LogP contribution in [0.1, 0.15) is 41.7 Å². The van der Waals surface area contributed by atoms with E-state index in [1.165, 1.54) is 53.1 Å². The molecule has 0 aliphatic rings. The van der Waals surface area contributed by atoms with Crippen LogP contribution in [0.5, 0.6) is 0 Å². The number of aryl methyl sites for hydroxylation is 5. The molecule has 29 heavy (non-hydrogen) atoms. The van der Waals surface area contributed by atoms with E-state index in [9.17, 15) is 4.79 Å². The van der Waals surface area contributed by atoms with Crippen LogP contribution in [0.4, 0.5) is 0 Å². The van der Waals surface area contributed by atoms with Gasteiger partial charge in [-0.25, -0.2) is 0 Å². The van der Waals surface area contributed by atoms with Crippen molar-refractivity contribution in [3.05, 3.63) is 76.1 Å². The molecule has 0 spiro atoms. The Balaban J connectivity index is 0.000000456. The molecule has 3 nitrogen and oxygen atoms in total. The van der Waals surface area contributed by atoms with Crippen LogP contribution in [0.2, 0.25) is 0 Å². The molecule has 0 saturated carbocycles. The minimum Gasteiger partial charge on any atom is -0.512 e. The Morgan fingerprint density at radius 2 is 1.62 bits per heavy atom. The first kappa shape index (κ1) is 24.7. The summed E-state index contributed by atoms with van der Waals surface area (Å²) in [4.78, 5) is 14.9. The summed E-state index contributed by atoms with van der Waals surface area (Å²) in [5.41, 5.74) is 9.43. The van der Waals surface area contributed by atoms with Gasteiger partial charge in [-0.3, -0.25) is 9.78 Å². The van der Waals surface area contributed by atoms with Gasteiger partial charge in [-0.05, 0) is 50.6 Å². The van der Waals surface area contributed by atoms with E-state index in [1.807, 2.05) is 0 Å². The molecule has 0 bridgehead atoms. The molecule has 2 aromatic carbocycles. The van der Waals surface area contributed by atoms with Crippen LogP contribution in [0.15, 0.2) is 42.2 Å². The number of carbonyl (C=O) groups excluding carboxylic acids is 1. The number of hydrogen-bond acceptors (Lipinski definition) is 3. The fourth-order valence-corrected chi connectivity index (χ4v) is 3.18. The SMILES string of the molecule is CC(=O)/C=C(/C)O.Cc1cc(C)c2ccc(-c3[c-]c(C)c(C)cc3C)nc2c1.[Ir]. The number of hydrogen-bond donors (Lipinski definition) is 1.